The topological polar surface area (TPSA) is 21.3 Å². The minimum Gasteiger partial charge on any atom is -0.369 e. The average molecular weight is 330 g/mol. The van der Waals surface area contributed by atoms with Crippen molar-refractivity contribution < 1.29 is 4.74 Å². The maximum absolute atomic E-state index is 6.44. The lowest BCUT2D eigenvalue weighted by Crippen LogP contribution is -2.38. The molecule has 1 saturated heterocycles. The second-order valence-corrected chi connectivity index (χ2v) is 7.76. The SMILES string of the molecule is CCNC(c1c(Cl)cccc1Cl)C1CC(C)(C)OC1(C)C. The van der Waals surface area contributed by atoms with E-state index in [1.54, 1.807) is 0 Å². The quantitative estimate of drug-likeness (QED) is 0.815. The summed E-state index contributed by atoms with van der Waals surface area (Å²) in [7, 11) is 0. The summed E-state index contributed by atoms with van der Waals surface area (Å²) in [6.07, 6.45) is 0.971. The first-order valence-electron chi connectivity index (χ1n) is 7.55. The van der Waals surface area contributed by atoms with Crippen LogP contribution < -0.4 is 5.32 Å². The smallest absolute Gasteiger partial charge is 0.0681 e. The van der Waals surface area contributed by atoms with Crippen molar-refractivity contribution in [2.75, 3.05) is 6.54 Å². The molecule has 1 aliphatic rings. The van der Waals surface area contributed by atoms with Crippen molar-refractivity contribution in [2.24, 2.45) is 5.92 Å². The fourth-order valence-corrected chi connectivity index (χ4v) is 4.23. The van der Waals surface area contributed by atoms with Gasteiger partial charge in [-0.25, -0.2) is 0 Å². The molecule has 0 bridgehead atoms. The molecule has 0 amide bonds. The lowest BCUT2D eigenvalue weighted by molar-refractivity contribution is -0.0778. The van der Waals surface area contributed by atoms with Crippen molar-refractivity contribution in [1.82, 2.24) is 5.32 Å². The first-order valence-corrected chi connectivity index (χ1v) is 8.31. The minimum atomic E-state index is -0.223. The van der Waals surface area contributed by atoms with E-state index in [4.69, 9.17) is 27.9 Å². The van der Waals surface area contributed by atoms with Gasteiger partial charge in [0, 0.05) is 27.6 Å². The predicted octanol–water partition coefficient (Wildman–Crippen LogP) is 5.24. The highest BCUT2D eigenvalue weighted by Crippen LogP contribution is 2.49. The van der Waals surface area contributed by atoms with Crippen LogP contribution in [0.3, 0.4) is 0 Å². The highest BCUT2D eigenvalue weighted by atomic mass is 35.5. The Morgan fingerprint density at radius 3 is 2.24 bits per heavy atom. The fourth-order valence-electron chi connectivity index (χ4n) is 3.60. The molecule has 0 spiro atoms. The molecule has 2 nitrogen and oxygen atoms in total. The Balaban J connectivity index is 2.45. The van der Waals surface area contributed by atoms with Gasteiger partial charge in [-0.3, -0.25) is 0 Å². The summed E-state index contributed by atoms with van der Waals surface area (Å²) in [4.78, 5) is 0. The van der Waals surface area contributed by atoms with Gasteiger partial charge in [0.25, 0.3) is 0 Å². The molecule has 4 heteroatoms. The first-order chi connectivity index (χ1) is 9.68. The van der Waals surface area contributed by atoms with Crippen molar-refractivity contribution in [1.29, 1.82) is 0 Å². The molecular formula is C17H25Cl2NO. The van der Waals surface area contributed by atoms with E-state index in [0.717, 1.165) is 18.5 Å². The molecule has 2 unspecified atom stereocenters. The Morgan fingerprint density at radius 1 is 1.24 bits per heavy atom. The zero-order valence-corrected chi connectivity index (χ0v) is 15.0. The van der Waals surface area contributed by atoms with Crippen molar-refractivity contribution in [3.8, 4) is 0 Å². The average Bonchev–Trinajstić information content (AvgIpc) is 2.55. The molecule has 2 rings (SSSR count). The molecule has 0 aliphatic carbocycles. The molecule has 0 aromatic heterocycles. The molecule has 1 aromatic carbocycles. The van der Waals surface area contributed by atoms with E-state index in [-0.39, 0.29) is 17.2 Å². The van der Waals surface area contributed by atoms with Crippen LogP contribution in [0.15, 0.2) is 18.2 Å². The number of rotatable bonds is 4. The normalized spacial score (nSPS) is 25.0. The van der Waals surface area contributed by atoms with Crippen molar-refractivity contribution >= 4 is 23.2 Å². The van der Waals surface area contributed by atoms with Gasteiger partial charge in [-0.1, -0.05) is 36.2 Å². The Kier molecular flexibility index (Phi) is 4.94. The second kappa shape index (κ2) is 6.08. The van der Waals surface area contributed by atoms with Crippen LogP contribution >= 0.6 is 23.2 Å². The molecule has 1 aromatic rings. The summed E-state index contributed by atoms with van der Waals surface area (Å²) in [5.74, 6) is 0.310. The van der Waals surface area contributed by atoms with Crippen molar-refractivity contribution in [3.63, 3.8) is 0 Å². The molecular weight excluding hydrogens is 305 g/mol. The summed E-state index contributed by atoms with van der Waals surface area (Å²) >= 11 is 12.9. The van der Waals surface area contributed by atoms with E-state index in [2.05, 4.69) is 39.9 Å². The summed E-state index contributed by atoms with van der Waals surface area (Å²) in [5, 5.41) is 5.00. The predicted molar refractivity (Wildman–Crippen MR) is 90.2 cm³/mol. The van der Waals surface area contributed by atoms with Crippen LogP contribution in [-0.4, -0.2) is 17.7 Å². The Labute approximate surface area is 138 Å². The maximum Gasteiger partial charge on any atom is 0.0681 e. The molecule has 1 heterocycles. The third kappa shape index (κ3) is 3.56. The van der Waals surface area contributed by atoms with Crippen LogP contribution in [0.2, 0.25) is 10.0 Å². The number of halogens is 2. The van der Waals surface area contributed by atoms with Gasteiger partial charge in [0.05, 0.1) is 11.2 Å². The molecule has 1 fully saturated rings. The Morgan fingerprint density at radius 2 is 1.81 bits per heavy atom. The summed E-state index contributed by atoms with van der Waals surface area (Å²) in [5.41, 5.74) is 0.635. The number of nitrogens with one attached hydrogen (secondary N) is 1. The number of benzene rings is 1. The first kappa shape index (κ1) is 17.1. The zero-order chi connectivity index (χ0) is 15.8. The van der Waals surface area contributed by atoms with E-state index in [0.29, 0.717) is 16.0 Å². The van der Waals surface area contributed by atoms with E-state index in [1.165, 1.54) is 0 Å². The zero-order valence-electron chi connectivity index (χ0n) is 13.5. The Bertz CT molecular complexity index is 493. The van der Waals surface area contributed by atoms with Crippen molar-refractivity contribution in [3.05, 3.63) is 33.8 Å². The van der Waals surface area contributed by atoms with Gasteiger partial charge >= 0.3 is 0 Å². The largest absolute Gasteiger partial charge is 0.369 e. The van der Waals surface area contributed by atoms with Crippen LogP contribution in [0.1, 0.15) is 52.6 Å². The third-order valence-electron chi connectivity index (χ3n) is 4.28. The highest BCUT2D eigenvalue weighted by molar-refractivity contribution is 6.36. The fraction of sp³-hybridized carbons (Fsp3) is 0.647. The van der Waals surface area contributed by atoms with Crippen LogP contribution in [-0.2, 0) is 4.74 Å². The van der Waals surface area contributed by atoms with E-state index < -0.39 is 0 Å². The molecule has 21 heavy (non-hydrogen) atoms. The van der Waals surface area contributed by atoms with Crippen LogP contribution in [0.4, 0.5) is 0 Å². The lowest BCUT2D eigenvalue weighted by atomic mass is 9.79. The highest BCUT2D eigenvalue weighted by Gasteiger charge is 2.49. The van der Waals surface area contributed by atoms with Gasteiger partial charge in [0.1, 0.15) is 0 Å². The monoisotopic (exact) mass is 329 g/mol. The van der Waals surface area contributed by atoms with Crippen LogP contribution in [0, 0.1) is 5.92 Å². The van der Waals surface area contributed by atoms with E-state index in [1.807, 2.05) is 18.2 Å². The number of ether oxygens (including phenoxy) is 1. The maximum atomic E-state index is 6.44. The van der Waals surface area contributed by atoms with E-state index in [9.17, 15) is 0 Å². The Hall–Kier alpha value is -0.280. The summed E-state index contributed by atoms with van der Waals surface area (Å²) in [6.45, 7) is 11.6. The van der Waals surface area contributed by atoms with Gasteiger partial charge in [-0.05, 0) is 52.8 Å². The summed E-state index contributed by atoms with van der Waals surface area (Å²) in [6, 6.07) is 5.78. The van der Waals surface area contributed by atoms with Crippen molar-refractivity contribution in [2.45, 2.75) is 58.3 Å². The molecule has 2 atom stereocenters. The molecule has 0 radical (unpaired) electrons. The van der Waals surface area contributed by atoms with Gasteiger partial charge < -0.3 is 10.1 Å². The number of hydrogen-bond donors (Lipinski definition) is 1. The minimum absolute atomic E-state index is 0.0907. The van der Waals surface area contributed by atoms with Gasteiger partial charge in [-0.2, -0.15) is 0 Å². The molecule has 1 aliphatic heterocycles. The molecule has 0 saturated carbocycles. The van der Waals surface area contributed by atoms with E-state index >= 15 is 0 Å². The lowest BCUT2D eigenvalue weighted by Gasteiger charge is -2.34. The standard InChI is InChI=1S/C17H25Cl2NO/c1-6-20-15(14-12(18)8-7-9-13(14)19)11-10-16(2,3)21-17(11,4)5/h7-9,11,15,20H,6,10H2,1-5H3. The second-order valence-electron chi connectivity index (χ2n) is 6.95. The van der Waals surface area contributed by atoms with Gasteiger partial charge in [0.2, 0.25) is 0 Å². The van der Waals surface area contributed by atoms with Gasteiger partial charge in [0.15, 0.2) is 0 Å². The van der Waals surface area contributed by atoms with Crippen LogP contribution in [0.5, 0.6) is 0 Å². The molecule has 118 valence electrons. The third-order valence-corrected chi connectivity index (χ3v) is 4.94. The summed E-state index contributed by atoms with van der Waals surface area (Å²) < 4.78 is 6.25. The molecule has 1 N–H and O–H groups in total. The number of hydrogen-bond acceptors (Lipinski definition) is 2. The van der Waals surface area contributed by atoms with Gasteiger partial charge in [-0.15, -0.1) is 0 Å². The van der Waals surface area contributed by atoms with Crippen LogP contribution in [0.25, 0.3) is 0 Å².